The molecule has 2 atom stereocenters. The quantitative estimate of drug-likeness (QED) is 0.622. The Labute approximate surface area is 126 Å². The predicted molar refractivity (Wildman–Crippen MR) is 82.7 cm³/mol. The molecule has 0 saturated heterocycles. The number of anilines is 1. The highest BCUT2D eigenvalue weighted by molar-refractivity contribution is 8.00. The number of nitrogens with one attached hydrogen (secondary N) is 1. The largest absolute Gasteiger partial charge is 0.387 e. The molecule has 5 nitrogen and oxygen atoms in total. The lowest BCUT2D eigenvalue weighted by Gasteiger charge is -2.45. The van der Waals surface area contributed by atoms with Crippen LogP contribution >= 0.6 is 23.4 Å². The minimum atomic E-state index is -0.784. The molecule has 2 rings (SSSR count). The SMILES string of the molecule is CCSC1CCC1(O)CNc1ccc(Cl)cc1[N+](=O)[O-]. The predicted octanol–water partition coefficient (Wildman–Crippen LogP) is 3.31. The fourth-order valence-corrected chi connectivity index (χ4v) is 3.66. The molecule has 2 unspecified atom stereocenters. The summed E-state index contributed by atoms with van der Waals surface area (Å²) in [5.74, 6) is 0.952. The molecule has 1 aromatic rings. The standard InChI is InChI=1S/C13H17ClN2O3S/c1-2-20-12-5-6-13(12,17)8-15-10-4-3-9(14)7-11(10)16(18)19/h3-4,7,12,15,17H,2,5-6,8H2,1H3. The van der Waals surface area contributed by atoms with Crippen LogP contribution in [0.3, 0.4) is 0 Å². The maximum Gasteiger partial charge on any atom is 0.293 e. The number of benzene rings is 1. The molecular weight excluding hydrogens is 300 g/mol. The smallest absolute Gasteiger partial charge is 0.293 e. The second kappa shape index (κ2) is 6.20. The number of aliphatic hydroxyl groups is 1. The molecule has 0 aliphatic heterocycles. The summed E-state index contributed by atoms with van der Waals surface area (Å²) in [6.45, 7) is 2.37. The van der Waals surface area contributed by atoms with Crippen molar-refractivity contribution in [2.75, 3.05) is 17.6 Å². The first-order valence-electron chi connectivity index (χ1n) is 6.48. The van der Waals surface area contributed by atoms with E-state index >= 15 is 0 Å². The van der Waals surface area contributed by atoms with Gasteiger partial charge in [-0.15, -0.1) is 0 Å². The molecule has 20 heavy (non-hydrogen) atoms. The molecule has 0 amide bonds. The molecule has 0 spiro atoms. The van der Waals surface area contributed by atoms with E-state index in [2.05, 4.69) is 12.2 Å². The van der Waals surface area contributed by atoms with Gasteiger partial charge in [-0.05, 0) is 30.7 Å². The summed E-state index contributed by atoms with van der Waals surface area (Å²) >= 11 is 7.50. The monoisotopic (exact) mass is 316 g/mol. The van der Waals surface area contributed by atoms with Crippen LogP contribution in [-0.2, 0) is 0 Å². The highest BCUT2D eigenvalue weighted by Crippen LogP contribution is 2.41. The number of halogens is 1. The van der Waals surface area contributed by atoms with Crippen molar-refractivity contribution in [2.24, 2.45) is 0 Å². The van der Waals surface area contributed by atoms with E-state index in [0.29, 0.717) is 17.3 Å². The first kappa shape index (κ1) is 15.4. The van der Waals surface area contributed by atoms with Gasteiger partial charge in [0, 0.05) is 22.9 Å². The lowest BCUT2D eigenvalue weighted by molar-refractivity contribution is -0.384. The Morgan fingerprint density at radius 1 is 1.65 bits per heavy atom. The molecule has 0 radical (unpaired) electrons. The first-order chi connectivity index (χ1) is 9.46. The number of hydrogen-bond donors (Lipinski definition) is 2. The van der Waals surface area contributed by atoms with Gasteiger partial charge < -0.3 is 10.4 Å². The van der Waals surface area contributed by atoms with Gasteiger partial charge in [-0.2, -0.15) is 11.8 Å². The van der Waals surface area contributed by atoms with E-state index in [1.165, 1.54) is 6.07 Å². The summed E-state index contributed by atoms with van der Waals surface area (Å²) in [4.78, 5) is 10.5. The second-order valence-electron chi connectivity index (χ2n) is 4.86. The third-order valence-corrected chi connectivity index (χ3v) is 5.19. The third-order valence-electron chi connectivity index (χ3n) is 3.55. The van der Waals surface area contributed by atoms with Crippen molar-refractivity contribution in [3.8, 4) is 0 Å². The van der Waals surface area contributed by atoms with Crippen molar-refractivity contribution in [3.05, 3.63) is 33.3 Å². The van der Waals surface area contributed by atoms with E-state index in [4.69, 9.17) is 11.6 Å². The third kappa shape index (κ3) is 3.19. The lowest BCUT2D eigenvalue weighted by atomic mass is 9.79. The Morgan fingerprint density at radius 3 is 2.95 bits per heavy atom. The summed E-state index contributed by atoms with van der Waals surface area (Å²) in [5.41, 5.74) is -0.464. The lowest BCUT2D eigenvalue weighted by Crippen LogP contribution is -2.54. The van der Waals surface area contributed by atoms with Crippen LogP contribution in [0.5, 0.6) is 0 Å². The molecule has 1 saturated carbocycles. The van der Waals surface area contributed by atoms with Crippen LogP contribution in [0.2, 0.25) is 5.02 Å². The minimum Gasteiger partial charge on any atom is -0.387 e. The van der Waals surface area contributed by atoms with Gasteiger partial charge in [0.2, 0.25) is 0 Å². The van der Waals surface area contributed by atoms with Crippen molar-refractivity contribution in [3.63, 3.8) is 0 Å². The zero-order chi connectivity index (χ0) is 14.8. The average molecular weight is 317 g/mol. The molecule has 1 aliphatic rings. The summed E-state index contributed by atoms with van der Waals surface area (Å²) in [5, 5.41) is 25.0. The zero-order valence-electron chi connectivity index (χ0n) is 11.1. The van der Waals surface area contributed by atoms with E-state index in [1.807, 2.05) is 0 Å². The van der Waals surface area contributed by atoms with E-state index in [-0.39, 0.29) is 10.9 Å². The van der Waals surface area contributed by atoms with Crippen molar-refractivity contribution in [1.29, 1.82) is 0 Å². The van der Waals surface area contributed by atoms with Crippen molar-refractivity contribution >= 4 is 34.7 Å². The zero-order valence-corrected chi connectivity index (χ0v) is 12.7. The van der Waals surface area contributed by atoms with Gasteiger partial charge in [-0.1, -0.05) is 18.5 Å². The fourth-order valence-electron chi connectivity index (χ4n) is 2.29. The number of hydrogen-bond acceptors (Lipinski definition) is 5. The first-order valence-corrected chi connectivity index (χ1v) is 7.91. The van der Waals surface area contributed by atoms with Crippen LogP contribution in [0, 0.1) is 10.1 Å². The average Bonchev–Trinajstić information content (AvgIpc) is 2.41. The molecule has 0 heterocycles. The molecule has 0 bridgehead atoms. The van der Waals surface area contributed by atoms with Crippen LogP contribution in [0.25, 0.3) is 0 Å². The molecule has 7 heteroatoms. The maximum atomic E-state index is 11.0. The topological polar surface area (TPSA) is 75.4 Å². The molecule has 1 aromatic carbocycles. The number of rotatable bonds is 6. The summed E-state index contributed by atoms with van der Waals surface area (Å²) in [6, 6.07) is 4.48. The number of nitro benzene ring substituents is 1. The van der Waals surface area contributed by atoms with Gasteiger partial charge in [0.25, 0.3) is 5.69 Å². The molecule has 110 valence electrons. The van der Waals surface area contributed by atoms with Gasteiger partial charge in [-0.25, -0.2) is 0 Å². The number of nitrogens with zero attached hydrogens (tertiary/aromatic N) is 1. The maximum absolute atomic E-state index is 11.0. The Balaban J connectivity index is 2.06. The van der Waals surface area contributed by atoms with Crippen LogP contribution in [0.4, 0.5) is 11.4 Å². The van der Waals surface area contributed by atoms with Gasteiger partial charge in [0.1, 0.15) is 5.69 Å². The summed E-state index contributed by atoms with van der Waals surface area (Å²) in [7, 11) is 0. The highest BCUT2D eigenvalue weighted by atomic mass is 35.5. The Hall–Kier alpha value is -0.980. The van der Waals surface area contributed by atoms with Gasteiger partial charge in [0.15, 0.2) is 0 Å². The summed E-state index contributed by atoms with van der Waals surface area (Å²) < 4.78 is 0. The van der Waals surface area contributed by atoms with E-state index in [1.54, 1.807) is 23.9 Å². The number of thioether (sulfide) groups is 1. The fraction of sp³-hybridized carbons (Fsp3) is 0.538. The van der Waals surface area contributed by atoms with Crippen LogP contribution in [0.1, 0.15) is 19.8 Å². The minimum absolute atomic E-state index is 0.0693. The van der Waals surface area contributed by atoms with Crippen LogP contribution in [-0.4, -0.2) is 33.2 Å². The highest BCUT2D eigenvalue weighted by Gasteiger charge is 2.45. The van der Waals surface area contributed by atoms with Crippen molar-refractivity contribution in [1.82, 2.24) is 0 Å². The second-order valence-corrected chi connectivity index (χ2v) is 6.77. The van der Waals surface area contributed by atoms with E-state index in [0.717, 1.165) is 18.6 Å². The summed E-state index contributed by atoms with van der Waals surface area (Å²) in [6.07, 6.45) is 1.71. The normalized spacial score (nSPS) is 25.1. The molecular formula is C13H17ClN2O3S. The molecule has 1 aliphatic carbocycles. The molecule has 1 fully saturated rings. The Morgan fingerprint density at radius 2 is 2.40 bits per heavy atom. The molecule has 2 N–H and O–H groups in total. The molecule has 0 aromatic heterocycles. The van der Waals surface area contributed by atoms with E-state index < -0.39 is 10.5 Å². The van der Waals surface area contributed by atoms with E-state index in [9.17, 15) is 15.2 Å². The number of nitro groups is 1. The Kier molecular flexibility index (Phi) is 4.78. The van der Waals surface area contributed by atoms with Crippen molar-refractivity contribution in [2.45, 2.75) is 30.6 Å². The van der Waals surface area contributed by atoms with Crippen LogP contribution in [0.15, 0.2) is 18.2 Å². The van der Waals surface area contributed by atoms with Gasteiger partial charge >= 0.3 is 0 Å². The Bertz CT molecular complexity index is 514. The van der Waals surface area contributed by atoms with Gasteiger partial charge in [0.05, 0.1) is 10.5 Å². The van der Waals surface area contributed by atoms with Gasteiger partial charge in [-0.3, -0.25) is 10.1 Å². The van der Waals surface area contributed by atoms with Crippen LogP contribution < -0.4 is 5.32 Å². The van der Waals surface area contributed by atoms with Crippen molar-refractivity contribution < 1.29 is 10.0 Å².